The first-order chi connectivity index (χ1) is 22.0. The highest BCUT2D eigenvalue weighted by atomic mass is 16.5. The number of benzene rings is 3. The van der Waals surface area contributed by atoms with Gasteiger partial charge in [0.05, 0.1) is 13.2 Å². The SMILES string of the molecule is Cc1ccc(/C=C/C(=O)N(Cc2ccc(N3CCOCC3)nc2)[C@@H](Cc2ccccc2)C(=O)N2CCc3ccccc3C2)cc1. The summed E-state index contributed by atoms with van der Waals surface area (Å²) < 4.78 is 5.50. The molecule has 6 rings (SSSR count). The fourth-order valence-corrected chi connectivity index (χ4v) is 6.03. The minimum absolute atomic E-state index is 0.0386. The topological polar surface area (TPSA) is 66.0 Å². The molecule has 1 fully saturated rings. The van der Waals surface area contributed by atoms with Crippen LogP contribution >= 0.6 is 0 Å². The maximum Gasteiger partial charge on any atom is 0.247 e. The van der Waals surface area contributed by atoms with Crippen molar-refractivity contribution in [3.8, 4) is 0 Å². The highest BCUT2D eigenvalue weighted by molar-refractivity contribution is 5.95. The molecule has 0 saturated carbocycles. The maximum absolute atomic E-state index is 14.5. The van der Waals surface area contributed by atoms with Crippen molar-refractivity contribution in [2.45, 2.75) is 38.9 Å². The molecule has 1 saturated heterocycles. The number of carbonyl (C=O) groups excluding carboxylic acids is 2. The summed E-state index contributed by atoms with van der Waals surface area (Å²) in [5, 5.41) is 0. The van der Waals surface area contributed by atoms with E-state index < -0.39 is 6.04 Å². The Morgan fingerprint density at radius 3 is 2.33 bits per heavy atom. The predicted molar refractivity (Wildman–Crippen MR) is 178 cm³/mol. The standard InChI is InChI=1S/C38H40N4O3/c1-29-11-13-30(14-12-29)16-18-37(43)42(27-32-15-17-36(39-26-32)40-21-23-45-24-22-40)35(25-31-7-3-2-4-8-31)38(44)41-20-19-33-9-5-6-10-34(33)28-41/h2-18,26,35H,19-25,27-28H2,1H3/b18-16+/t35-/m0/s1. The molecule has 0 radical (unpaired) electrons. The molecular formula is C38H40N4O3. The zero-order valence-corrected chi connectivity index (χ0v) is 25.8. The van der Waals surface area contributed by atoms with Gasteiger partial charge in [-0.05, 0) is 53.3 Å². The van der Waals surface area contributed by atoms with Crippen LogP contribution < -0.4 is 4.90 Å². The number of rotatable bonds is 9. The van der Waals surface area contributed by atoms with Crippen LogP contribution in [-0.4, -0.2) is 65.5 Å². The smallest absolute Gasteiger partial charge is 0.247 e. The fourth-order valence-electron chi connectivity index (χ4n) is 6.03. The number of anilines is 1. The van der Waals surface area contributed by atoms with Gasteiger partial charge in [0.1, 0.15) is 11.9 Å². The molecule has 0 spiro atoms. The summed E-state index contributed by atoms with van der Waals surface area (Å²) >= 11 is 0. The van der Waals surface area contributed by atoms with Gasteiger partial charge in [-0.3, -0.25) is 9.59 Å². The number of morpholine rings is 1. The highest BCUT2D eigenvalue weighted by Gasteiger charge is 2.34. The quantitative estimate of drug-likeness (QED) is 0.239. The molecule has 4 aromatic rings. The Morgan fingerprint density at radius 1 is 0.867 bits per heavy atom. The number of fused-ring (bicyclic) bond motifs is 1. The van der Waals surface area contributed by atoms with Gasteiger partial charge in [-0.1, -0.05) is 90.5 Å². The van der Waals surface area contributed by atoms with Crippen molar-refractivity contribution < 1.29 is 14.3 Å². The summed E-state index contributed by atoms with van der Waals surface area (Å²) in [5.41, 5.74) is 6.42. The molecule has 7 heteroatoms. The van der Waals surface area contributed by atoms with Gasteiger partial charge in [-0.2, -0.15) is 0 Å². The van der Waals surface area contributed by atoms with Crippen molar-refractivity contribution in [2.24, 2.45) is 0 Å². The van der Waals surface area contributed by atoms with E-state index in [0.29, 0.717) is 32.7 Å². The van der Waals surface area contributed by atoms with E-state index in [1.54, 1.807) is 11.0 Å². The summed E-state index contributed by atoms with van der Waals surface area (Å²) in [5.74, 6) is 0.644. The zero-order chi connectivity index (χ0) is 31.0. The van der Waals surface area contributed by atoms with E-state index in [4.69, 9.17) is 9.72 Å². The van der Waals surface area contributed by atoms with Gasteiger partial charge >= 0.3 is 0 Å². The number of nitrogens with zero attached hydrogens (tertiary/aromatic N) is 4. The second-order valence-corrected chi connectivity index (χ2v) is 11.8. The molecule has 0 N–H and O–H groups in total. The van der Waals surface area contributed by atoms with Gasteiger partial charge in [-0.25, -0.2) is 4.98 Å². The number of amides is 2. The number of aromatic nitrogens is 1. The first-order valence-electron chi connectivity index (χ1n) is 15.8. The molecule has 2 aliphatic heterocycles. The van der Waals surface area contributed by atoms with Crippen molar-refractivity contribution in [3.63, 3.8) is 0 Å². The number of pyridine rings is 1. The second-order valence-electron chi connectivity index (χ2n) is 11.8. The van der Waals surface area contributed by atoms with E-state index in [1.165, 1.54) is 5.56 Å². The van der Waals surface area contributed by atoms with Gasteiger partial charge in [0.25, 0.3) is 0 Å². The molecule has 2 aliphatic rings. The average molecular weight is 601 g/mol. The van der Waals surface area contributed by atoms with Crippen LogP contribution in [0.1, 0.15) is 33.4 Å². The van der Waals surface area contributed by atoms with E-state index in [1.807, 2.05) is 103 Å². The third-order valence-electron chi connectivity index (χ3n) is 8.65. The van der Waals surface area contributed by atoms with Crippen molar-refractivity contribution in [1.82, 2.24) is 14.8 Å². The lowest BCUT2D eigenvalue weighted by atomic mass is 9.97. The molecule has 0 unspecified atom stereocenters. The molecule has 3 heterocycles. The van der Waals surface area contributed by atoms with Gasteiger partial charge < -0.3 is 19.4 Å². The largest absolute Gasteiger partial charge is 0.378 e. The molecule has 1 aromatic heterocycles. The van der Waals surface area contributed by atoms with E-state index in [-0.39, 0.29) is 18.4 Å². The minimum Gasteiger partial charge on any atom is -0.378 e. The van der Waals surface area contributed by atoms with Crippen LogP contribution in [0.25, 0.3) is 6.08 Å². The molecular weight excluding hydrogens is 560 g/mol. The summed E-state index contributed by atoms with van der Waals surface area (Å²) in [7, 11) is 0. The van der Waals surface area contributed by atoms with Crippen molar-refractivity contribution in [3.05, 3.63) is 137 Å². The Hall–Kier alpha value is -4.75. The Labute approximate surface area is 265 Å². The highest BCUT2D eigenvalue weighted by Crippen LogP contribution is 2.23. The lowest BCUT2D eigenvalue weighted by Crippen LogP contribution is -2.52. The molecule has 1 atom stereocenters. The summed E-state index contributed by atoms with van der Waals surface area (Å²) in [4.78, 5) is 39.2. The van der Waals surface area contributed by atoms with Crippen LogP contribution in [-0.2, 0) is 40.3 Å². The lowest BCUT2D eigenvalue weighted by molar-refractivity contribution is -0.144. The molecule has 45 heavy (non-hydrogen) atoms. The Bertz CT molecular complexity index is 1610. The van der Waals surface area contributed by atoms with E-state index >= 15 is 0 Å². The number of aryl methyl sites for hydroxylation is 1. The maximum atomic E-state index is 14.5. The van der Waals surface area contributed by atoms with Crippen LogP contribution in [0.4, 0.5) is 5.82 Å². The second kappa shape index (κ2) is 14.4. The zero-order valence-electron chi connectivity index (χ0n) is 25.8. The third kappa shape index (κ3) is 7.67. The lowest BCUT2D eigenvalue weighted by Gasteiger charge is -2.37. The first kappa shape index (κ1) is 30.3. The van der Waals surface area contributed by atoms with E-state index in [0.717, 1.165) is 53.1 Å². The third-order valence-corrected chi connectivity index (χ3v) is 8.65. The fraction of sp³-hybridized carbons (Fsp3) is 0.289. The number of carbonyl (C=O) groups is 2. The van der Waals surface area contributed by atoms with E-state index in [9.17, 15) is 9.59 Å². The molecule has 3 aromatic carbocycles. The van der Waals surface area contributed by atoms with Gasteiger partial charge in [0.2, 0.25) is 11.8 Å². The number of hydrogen-bond donors (Lipinski definition) is 0. The Morgan fingerprint density at radius 2 is 1.60 bits per heavy atom. The summed E-state index contributed by atoms with van der Waals surface area (Å²) in [6, 6.07) is 29.6. The van der Waals surface area contributed by atoms with Crippen molar-refractivity contribution in [2.75, 3.05) is 37.7 Å². The average Bonchev–Trinajstić information content (AvgIpc) is 3.10. The van der Waals surface area contributed by atoms with Gasteiger partial charge in [0, 0.05) is 51.4 Å². The Kier molecular flexibility index (Phi) is 9.66. The van der Waals surface area contributed by atoms with Crippen LogP contribution in [0.2, 0.25) is 0 Å². The van der Waals surface area contributed by atoms with Crippen molar-refractivity contribution in [1.29, 1.82) is 0 Å². The number of hydrogen-bond acceptors (Lipinski definition) is 5. The summed E-state index contributed by atoms with van der Waals surface area (Å²) in [6.07, 6.45) is 6.47. The molecule has 2 amide bonds. The molecule has 0 aliphatic carbocycles. The van der Waals surface area contributed by atoms with Crippen molar-refractivity contribution >= 4 is 23.7 Å². The molecule has 0 bridgehead atoms. The van der Waals surface area contributed by atoms with E-state index in [2.05, 4.69) is 17.0 Å². The van der Waals surface area contributed by atoms with Crippen LogP contribution in [0.3, 0.4) is 0 Å². The van der Waals surface area contributed by atoms with Crippen LogP contribution in [0.15, 0.2) is 103 Å². The van der Waals surface area contributed by atoms with Crippen LogP contribution in [0.5, 0.6) is 0 Å². The predicted octanol–water partition coefficient (Wildman–Crippen LogP) is 5.46. The number of ether oxygens (including phenoxy) is 1. The minimum atomic E-state index is -0.688. The van der Waals surface area contributed by atoms with Crippen LogP contribution in [0, 0.1) is 6.92 Å². The molecule has 7 nitrogen and oxygen atoms in total. The van der Waals surface area contributed by atoms with Gasteiger partial charge in [0.15, 0.2) is 0 Å². The monoisotopic (exact) mass is 600 g/mol. The molecule has 230 valence electrons. The van der Waals surface area contributed by atoms with Gasteiger partial charge in [-0.15, -0.1) is 0 Å². The Balaban J connectivity index is 1.32. The summed E-state index contributed by atoms with van der Waals surface area (Å²) in [6.45, 7) is 6.43. The first-order valence-corrected chi connectivity index (χ1v) is 15.8. The normalized spacial score (nSPS) is 15.5.